The third kappa shape index (κ3) is 30.9. The Labute approximate surface area is 299 Å². The van der Waals surface area contributed by atoms with E-state index in [9.17, 15) is 9.90 Å². The standard InChI is InChI=1S/C43H83NO4/c1-5-9-13-14-15-16-17-18-19-20-21-22-23-24-25-26-27-28-29-30-31-32-34-36-42(46)44-40(39-45)43(48-38-12-8-4)41(35-33-10-6-2)47-37-11-7-3/h6,10,33,40-41,43,45H,2,5,7-9,11-32,34-39H2,1,3-4H3,(H,44,46)/t40-,41+,43-/m0/s1. The van der Waals surface area contributed by atoms with E-state index in [2.05, 4.69) is 32.7 Å². The van der Waals surface area contributed by atoms with Gasteiger partial charge in [0.15, 0.2) is 0 Å². The number of carbonyl (C=O) groups excluding carboxylic acids is 1. The first kappa shape index (κ1) is 46.8. The van der Waals surface area contributed by atoms with Gasteiger partial charge in [-0.15, -0.1) is 0 Å². The molecule has 0 saturated heterocycles. The summed E-state index contributed by atoms with van der Waals surface area (Å²) in [4.78, 5) is 12.9. The average Bonchev–Trinajstić information content (AvgIpc) is 3.09. The first-order valence-corrected chi connectivity index (χ1v) is 21.0. The summed E-state index contributed by atoms with van der Waals surface area (Å²) in [7, 11) is 0. The topological polar surface area (TPSA) is 67.8 Å². The van der Waals surface area contributed by atoms with Crippen molar-refractivity contribution >= 4 is 5.91 Å². The predicted molar refractivity (Wildman–Crippen MR) is 209 cm³/mol. The highest BCUT2D eigenvalue weighted by molar-refractivity contribution is 5.76. The van der Waals surface area contributed by atoms with Gasteiger partial charge < -0.3 is 19.9 Å². The van der Waals surface area contributed by atoms with E-state index < -0.39 is 12.1 Å². The van der Waals surface area contributed by atoms with Crippen LogP contribution in [0.4, 0.5) is 0 Å². The molecule has 0 unspecified atom stereocenters. The van der Waals surface area contributed by atoms with E-state index in [0.717, 1.165) is 38.5 Å². The summed E-state index contributed by atoms with van der Waals surface area (Å²) in [6, 6.07) is -0.484. The lowest BCUT2D eigenvalue weighted by molar-refractivity contribution is -0.128. The van der Waals surface area contributed by atoms with Crippen LogP contribution in [0, 0.1) is 0 Å². The Bertz CT molecular complexity index is 696. The third-order valence-electron chi connectivity index (χ3n) is 9.59. The summed E-state index contributed by atoms with van der Waals surface area (Å²) in [6.07, 6.45) is 41.6. The fourth-order valence-electron chi connectivity index (χ4n) is 6.41. The molecule has 3 atom stereocenters. The Balaban J connectivity index is 3.98. The normalized spacial score (nSPS) is 13.6. The average molecular weight is 678 g/mol. The summed E-state index contributed by atoms with van der Waals surface area (Å²) in [5, 5.41) is 13.3. The van der Waals surface area contributed by atoms with Crippen molar-refractivity contribution in [3.63, 3.8) is 0 Å². The number of aliphatic hydroxyl groups is 1. The molecule has 0 aromatic rings. The van der Waals surface area contributed by atoms with Gasteiger partial charge in [-0.1, -0.05) is 200 Å². The summed E-state index contributed by atoms with van der Waals surface area (Å²) in [6.45, 7) is 11.4. The van der Waals surface area contributed by atoms with Crippen molar-refractivity contribution in [3.8, 4) is 0 Å². The molecule has 0 aliphatic carbocycles. The molecule has 0 spiro atoms. The van der Waals surface area contributed by atoms with Gasteiger partial charge in [0.25, 0.3) is 0 Å². The summed E-state index contributed by atoms with van der Waals surface area (Å²) in [5.74, 6) is -0.00409. The molecule has 0 aliphatic heterocycles. The number of carbonyl (C=O) groups is 1. The van der Waals surface area contributed by atoms with Crippen LogP contribution < -0.4 is 5.32 Å². The predicted octanol–water partition coefficient (Wildman–Crippen LogP) is 12.3. The molecule has 0 radical (unpaired) electrons. The van der Waals surface area contributed by atoms with Crippen LogP contribution in [0.25, 0.3) is 0 Å². The second kappa shape index (κ2) is 38.6. The maximum absolute atomic E-state index is 12.9. The molecule has 0 bridgehead atoms. The van der Waals surface area contributed by atoms with Crippen molar-refractivity contribution in [1.82, 2.24) is 5.32 Å². The van der Waals surface area contributed by atoms with E-state index in [1.165, 1.54) is 135 Å². The minimum atomic E-state index is -0.484. The van der Waals surface area contributed by atoms with Crippen LogP contribution in [-0.4, -0.2) is 49.1 Å². The third-order valence-corrected chi connectivity index (χ3v) is 9.59. The van der Waals surface area contributed by atoms with Gasteiger partial charge in [-0.3, -0.25) is 4.79 Å². The highest BCUT2D eigenvalue weighted by Crippen LogP contribution is 2.18. The number of unbranched alkanes of at least 4 members (excludes halogenated alkanes) is 24. The lowest BCUT2D eigenvalue weighted by Gasteiger charge is -2.33. The smallest absolute Gasteiger partial charge is 0.220 e. The Morgan fingerprint density at radius 3 is 1.40 bits per heavy atom. The van der Waals surface area contributed by atoms with Crippen LogP contribution >= 0.6 is 0 Å². The number of ether oxygens (including phenoxy) is 2. The number of hydrogen-bond acceptors (Lipinski definition) is 4. The van der Waals surface area contributed by atoms with Crippen molar-refractivity contribution in [2.45, 2.75) is 225 Å². The van der Waals surface area contributed by atoms with Crippen molar-refractivity contribution in [1.29, 1.82) is 0 Å². The monoisotopic (exact) mass is 678 g/mol. The molecule has 0 aliphatic rings. The zero-order valence-electron chi connectivity index (χ0n) is 32.5. The van der Waals surface area contributed by atoms with Gasteiger partial charge >= 0.3 is 0 Å². The fourth-order valence-corrected chi connectivity index (χ4v) is 6.41. The summed E-state index contributed by atoms with van der Waals surface area (Å²) < 4.78 is 12.5. The van der Waals surface area contributed by atoms with Crippen LogP contribution in [0.5, 0.6) is 0 Å². The van der Waals surface area contributed by atoms with Crippen molar-refractivity contribution in [2.75, 3.05) is 19.8 Å². The van der Waals surface area contributed by atoms with Crippen molar-refractivity contribution in [2.24, 2.45) is 0 Å². The van der Waals surface area contributed by atoms with E-state index in [-0.39, 0.29) is 18.6 Å². The molecule has 1 amide bonds. The van der Waals surface area contributed by atoms with Crippen LogP contribution in [-0.2, 0) is 14.3 Å². The van der Waals surface area contributed by atoms with Gasteiger partial charge in [0.2, 0.25) is 5.91 Å². The number of allylic oxidation sites excluding steroid dienone is 2. The lowest BCUT2D eigenvalue weighted by Crippen LogP contribution is -2.52. The largest absolute Gasteiger partial charge is 0.394 e. The molecule has 0 aromatic heterocycles. The highest BCUT2D eigenvalue weighted by atomic mass is 16.5. The number of amides is 1. The maximum atomic E-state index is 12.9. The SMILES string of the molecule is C=CC=CC[C@@H](OCCCC)[C@@H](OCCCC)[C@H](CO)NC(=O)CCCCCCCCCCCCCCCCCCCCCCCCC. The Kier molecular flexibility index (Phi) is 37.7. The van der Waals surface area contributed by atoms with Crippen molar-refractivity contribution < 1.29 is 19.4 Å². The second-order valence-corrected chi connectivity index (χ2v) is 14.2. The molecule has 0 saturated carbocycles. The Morgan fingerprint density at radius 1 is 0.604 bits per heavy atom. The maximum Gasteiger partial charge on any atom is 0.220 e. The number of aliphatic hydroxyl groups excluding tert-OH is 1. The van der Waals surface area contributed by atoms with Crippen LogP contribution in [0.2, 0.25) is 0 Å². The highest BCUT2D eigenvalue weighted by Gasteiger charge is 2.31. The molecule has 5 heteroatoms. The fraction of sp³-hybridized carbons (Fsp3) is 0.884. The van der Waals surface area contributed by atoms with Gasteiger partial charge in [-0.2, -0.15) is 0 Å². The summed E-state index contributed by atoms with van der Waals surface area (Å²) >= 11 is 0. The van der Waals surface area contributed by atoms with Gasteiger partial charge in [0, 0.05) is 19.6 Å². The summed E-state index contributed by atoms with van der Waals surface area (Å²) in [5.41, 5.74) is 0. The van der Waals surface area contributed by atoms with Crippen LogP contribution in [0.3, 0.4) is 0 Å². The van der Waals surface area contributed by atoms with E-state index in [4.69, 9.17) is 9.47 Å². The molecule has 0 fully saturated rings. The van der Waals surface area contributed by atoms with Gasteiger partial charge in [-0.25, -0.2) is 0 Å². The van der Waals surface area contributed by atoms with E-state index >= 15 is 0 Å². The molecule has 0 aromatic carbocycles. The van der Waals surface area contributed by atoms with Crippen LogP contribution in [0.15, 0.2) is 24.8 Å². The molecule has 48 heavy (non-hydrogen) atoms. The van der Waals surface area contributed by atoms with Crippen LogP contribution in [0.1, 0.15) is 207 Å². The van der Waals surface area contributed by atoms with Gasteiger partial charge in [0.05, 0.1) is 18.8 Å². The van der Waals surface area contributed by atoms with E-state index in [1.807, 2.05) is 12.2 Å². The first-order chi connectivity index (χ1) is 23.6. The second-order valence-electron chi connectivity index (χ2n) is 14.2. The zero-order valence-corrected chi connectivity index (χ0v) is 32.5. The molecule has 2 N–H and O–H groups in total. The van der Waals surface area contributed by atoms with Gasteiger partial charge in [0.1, 0.15) is 6.10 Å². The zero-order chi connectivity index (χ0) is 35.2. The molecular formula is C43H83NO4. The molecule has 0 rings (SSSR count). The minimum Gasteiger partial charge on any atom is -0.394 e. The first-order valence-electron chi connectivity index (χ1n) is 21.0. The molecule has 0 heterocycles. The van der Waals surface area contributed by atoms with Crippen molar-refractivity contribution in [3.05, 3.63) is 24.8 Å². The Morgan fingerprint density at radius 2 is 1.00 bits per heavy atom. The van der Waals surface area contributed by atoms with E-state index in [0.29, 0.717) is 26.1 Å². The van der Waals surface area contributed by atoms with Gasteiger partial charge in [-0.05, 0) is 25.7 Å². The minimum absolute atomic E-state index is 0.00409. The number of nitrogens with one attached hydrogen (secondary N) is 1. The Hall–Kier alpha value is -1.17. The molecular weight excluding hydrogens is 594 g/mol. The molecule has 284 valence electrons. The quantitative estimate of drug-likeness (QED) is 0.0502. The lowest BCUT2D eigenvalue weighted by atomic mass is 10.0. The molecule has 5 nitrogen and oxygen atoms in total. The number of hydrogen-bond donors (Lipinski definition) is 2. The number of rotatable bonds is 39. The van der Waals surface area contributed by atoms with E-state index in [1.54, 1.807) is 6.08 Å².